The lowest BCUT2D eigenvalue weighted by molar-refractivity contribution is -0.139. The summed E-state index contributed by atoms with van der Waals surface area (Å²) in [6.45, 7) is 3.62. The number of aliphatic carboxylic acids is 1. The molecule has 1 aromatic rings. The Bertz CT molecular complexity index is 295. The van der Waals surface area contributed by atoms with Crippen molar-refractivity contribution in [3.63, 3.8) is 0 Å². The van der Waals surface area contributed by atoms with Crippen molar-refractivity contribution in [3.05, 3.63) is 24.2 Å². The maximum Gasteiger partial charge on any atom is 0.320 e. The van der Waals surface area contributed by atoms with Crippen molar-refractivity contribution in [2.24, 2.45) is 0 Å². The summed E-state index contributed by atoms with van der Waals surface area (Å²) < 4.78 is 5.19. The van der Waals surface area contributed by atoms with Gasteiger partial charge in [-0.2, -0.15) is 0 Å². The van der Waals surface area contributed by atoms with Crippen LogP contribution in [0.2, 0.25) is 0 Å². The van der Waals surface area contributed by atoms with Crippen molar-refractivity contribution in [3.8, 4) is 0 Å². The van der Waals surface area contributed by atoms with Crippen LogP contribution in [0.5, 0.6) is 0 Å². The molecule has 0 fully saturated rings. The second-order valence-corrected chi connectivity index (χ2v) is 3.75. The first kappa shape index (κ1) is 11.8. The number of nitrogens with one attached hydrogen (secondary N) is 1. The Balaban J connectivity index is 2.24. The van der Waals surface area contributed by atoms with E-state index in [1.54, 1.807) is 13.2 Å². The van der Waals surface area contributed by atoms with E-state index in [4.69, 9.17) is 9.52 Å². The maximum atomic E-state index is 10.6. The van der Waals surface area contributed by atoms with E-state index in [9.17, 15) is 4.79 Å². The molecule has 0 bridgehead atoms. The number of carbonyl (C=O) groups is 1. The molecule has 0 aliphatic rings. The summed E-state index contributed by atoms with van der Waals surface area (Å²) in [6.07, 6.45) is 3.34. The van der Waals surface area contributed by atoms with Gasteiger partial charge in [0.2, 0.25) is 0 Å². The van der Waals surface area contributed by atoms with Gasteiger partial charge in [0.15, 0.2) is 0 Å². The third-order valence-corrected chi connectivity index (χ3v) is 2.31. The van der Waals surface area contributed by atoms with Gasteiger partial charge in [0, 0.05) is 12.5 Å². The van der Waals surface area contributed by atoms with E-state index in [0.717, 1.165) is 18.6 Å². The lowest BCUT2D eigenvalue weighted by Crippen LogP contribution is -2.39. The lowest BCUT2D eigenvalue weighted by Gasteiger charge is -2.16. The number of rotatable bonds is 6. The molecule has 84 valence electrons. The molecule has 0 amide bonds. The quantitative estimate of drug-likeness (QED) is 0.751. The van der Waals surface area contributed by atoms with Crippen LogP contribution in [-0.2, 0) is 11.2 Å². The molecule has 15 heavy (non-hydrogen) atoms. The zero-order chi connectivity index (χ0) is 11.3. The smallest absolute Gasteiger partial charge is 0.320 e. The van der Waals surface area contributed by atoms with Gasteiger partial charge in [0.1, 0.15) is 11.8 Å². The Hall–Kier alpha value is -1.29. The summed E-state index contributed by atoms with van der Waals surface area (Å²) >= 11 is 0. The van der Waals surface area contributed by atoms with Crippen LogP contribution >= 0.6 is 0 Å². The van der Waals surface area contributed by atoms with Crippen molar-refractivity contribution >= 4 is 5.97 Å². The summed E-state index contributed by atoms with van der Waals surface area (Å²) in [7, 11) is 0. The summed E-state index contributed by atoms with van der Waals surface area (Å²) in [4.78, 5) is 10.6. The van der Waals surface area contributed by atoms with Gasteiger partial charge >= 0.3 is 5.97 Å². The summed E-state index contributed by atoms with van der Waals surface area (Å²) in [5.41, 5.74) is 0. The Morgan fingerprint density at radius 1 is 1.60 bits per heavy atom. The number of hydrogen-bond donors (Lipinski definition) is 2. The van der Waals surface area contributed by atoms with Crippen molar-refractivity contribution in [1.82, 2.24) is 5.32 Å². The van der Waals surface area contributed by atoms with E-state index in [-0.39, 0.29) is 6.04 Å². The van der Waals surface area contributed by atoms with Gasteiger partial charge < -0.3 is 14.8 Å². The fourth-order valence-corrected chi connectivity index (χ4v) is 1.39. The van der Waals surface area contributed by atoms with Crippen LogP contribution < -0.4 is 5.32 Å². The molecular formula is C11H17NO3. The number of hydrogen-bond acceptors (Lipinski definition) is 3. The molecule has 4 heteroatoms. The number of carboxylic acid groups (broad SMARTS) is 1. The number of aryl methyl sites for hydroxylation is 1. The number of carboxylic acids is 1. The standard InChI is InChI=1S/C11H17NO3/c1-8(12-9(2)11(13)14)5-6-10-4-3-7-15-10/h3-4,7-9,12H,5-6H2,1-2H3,(H,13,14). The topological polar surface area (TPSA) is 62.5 Å². The Labute approximate surface area is 89.3 Å². The Morgan fingerprint density at radius 2 is 2.33 bits per heavy atom. The highest BCUT2D eigenvalue weighted by Gasteiger charge is 2.13. The zero-order valence-corrected chi connectivity index (χ0v) is 9.06. The van der Waals surface area contributed by atoms with Gasteiger partial charge in [-0.15, -0.1) is 0 Å². The van der Waals surface area contributed by atoms with Gasteiger partial charge in [-0.25, -0.2) is 0 Å². The van der Waals surface area contributed by atoms with Gasteiger partial charge in [-0.05, 0) is 32.4 Å². The van der Waals surface area contributed by atoms with Gasteiger partial charge in [0.05, 0.1) is 6.26 Å². The van der Waals surface area contributed by atoms with E-state index in [1.165, 1.54) is 0 Å². The van der Waals surface area contributed by atoms with Crippen LogP contribution in [0.25, 0.3) is 0 Å². The van der Waals surface area contributed by atoms with Crippen LogP contribution in [0.3, 0.4) is 0 Å². The first-order chi connectivity index (χ1) is 7.09. The highest BCUT2D eigenvalue weighted by Crippen LogP contribution is 2.06. The van der Waals surface area contributed by atoms with E-state index in [2.05, 4.69) is 5.32 Å². The minimum Gasteiger partial charge on any atom is -0.480 e. The molecule has 0 saturated heterocycles. The normalized spacial score (nSPS) is 14.8. The predicted octanol–water partition coefficient (Wildman–Crippen LogP) is 1.66. The highest BCUT2D eigenvalue weighted by molar-refractivity contribution is 5.72. The van der Waals surface area contributed by atoms with Crippen molar-refractivity contribution < 1.29 is 14.3 Å². The predicted molar refractivity (Wildman–Crippen MR) is 56.7 cm³/mol. The fourth-order valence-electron chi connectivity index (χ4n) is 1.39. The van der Waals surface area contributed by atoms with Gasteiger partial charge in [0.25, 0.3) is 0 Å². The molecule has 0 radical (unpaired) electrons. The van der Waals surface area contributed by atoms with Crippen molar-refractivity contribution in [2.45, 2.75) is 38.8 Å². The van der Waals surface area contributed by atoms with Crippen molar-refractivity contribution in [2.75, 3.05) is 0 Å². The molecule has 4 nitrogen and oxygen atoms in total. The molecule has 1 aromatic heterocycles. The van der Waals surface area contributed by atoms with Gasteiger partial charge in [-0.3, -0.25) is 4.79 Å². The third-order valence-electron chi connectivity index (χ3n) is 2.31. The summed E-state index contributed by atoms with van der Waals surface area (Å²) in [5, 5.41) is 11.7. The van der Waals surface area contributed by atoms with E-state index >= 15 is 0 Å². The molecule has 0 saturated carbocycles. The maximum absolute atomic E-state index is 10.6. The Kier molecular flexibility index (Phi) is 4.37. The zero-order valence-electron chi connectivity index (χ0n) is 9.06. The van der Waals surface area contributed by atoms with E-state index < -0.39 is 12.0 Å². The molecule has 0 aromatic carbocycles. The van der Waals surface area contributed by atoms with E-state index in [1.807, 2.05) is 19.1 Å². The average molecular weight is 211 g/mol. The molecule has 1 rings (SSSR count). The molecule has 2 unspecified atom stereocenters. The first-order valence-electron chi connectivity index (χ1n) is 5.11. The van der Waals surface area contributed by atoms with Crippen LogP contribution in [0, 0.1) is 0 Å². The highest BCUT2D eigenvalue weighted by atomic mass is 16.4. The van der Waals surface area contributed by atoms with Gasteiger partial charge in [-0.1, -0.05) is 0 Å². The molecule has 0 spiro atoms. The van der Waals surface area contributed by atoms with Crippen LogP contribution in [0.15, 0.2) is 22.8 Å². The first-order valence-corrected chi connectivity index (χ1v) is 5.11. The average Bonchev–Trinajstić information content (AvgIpc) is 2.66. The lowest BCUT2D eigenvalue weighted by atomic mass is 10.1. The van der Waals surface area contributed by atoms with Crippen molar-refractivity contribution in [1.29, 1.82) is 0 Å². The van der Waals surface area contributed by atoms with Crippen LogP contribution in [0.1, 0.15) is 26.0 Å². The summed E-state index contributed by atoms with van der Waals surface area (Å²) in [6, 6.07) is 3.44. The minimum atomic E-state index is -0.820. The Morgan fingerprint density at radius 3 is 2.87 bits per heavy atom. The second-order valence-electron chi connectivity index (χ2n) is 3.75. The molecule has 2 N–H and O–H groups in total. The summed E-state index contributed by atoms with van der Waals surface area (Å²) in [5.74, 6) is 0.117. The molecule has 0 aliphatic heterocycles. The second kappa shape index (κ2) is 5.56. The molecular weight excluding hydrogens is 194 g/mol. The van der Waals surface area contributed by atoms with Crippen LogP contribution in [-0.4, -0.2) is 23.2 Å². The molecule has 0 aliphatic carbocycles. The van der Waals surface area contributed by atoms with E-state index in [0.29, 0.717) is 0 Å². The molecule has 2 atom stereocenters. The largest absolute Gasteiger partial charge is 0.480 e. The molecule has 1 heterocycles. The third kappa shape index (κ3) is 4.16. The monoisotopic (exact) mass is 211 g/mol. The number of furan rings is 1. The fraction of sp³-hybridized carbons (Fsp3) is 0.545. The minimum absolute atomic E-state index is 0.168. The SMILES string of the molecule is CC(CCc1ccco1)NC(C)C(=O)O. The van der Waals surface area contributed by atoms with Crippen LogP contribution in [0.4, 0.5) is 0 Å².